The van der Waals surface area contributed by atoms with Gasteiger partial charge >= 0.3 is 6.18 Å². The fourth-order valence-corrected chi connectivity index (χ4v) is 1.61. The lowest BCUT2D eigenvalue weighted by Crippen LogP contribution is -2.30. The van der Waals surface area contributed by atoms with E-state index in [1.165, 1.54) is 5.06 Å². The summed E-state index contributed by atoms with van der Waals surface area (Å²) in [5.41, 5.74) is 5.06. The summed E-state index contributed by atoms with van der Waals surface area (Å²) in [4.78, 5) is 8.54. The molecule has 4 nitrogen and oxygen atoms in total. The predicted molar refractivity (Wildman–Crippen MR) is 56.2 cm³/mol. The molecular weight excluding hydrogens is 235 g/mol. The minimum atomic E-state index is -4.47. The SMILES string of the molecule is Nc1cnc(C(F)(F)F)cc1N1CCCCO1. The van der Waals surface area contributed by atoms with Gasteiger partial charge < -0.3 is 5.73 Å². The fourth-order valence-electron chi connectivity index (χ4n) is 1.61. The van der Waals surface area contributed by atoms with Crippen LogP contribution < -0.4 is 10.8 Å². The second kappa shape index (κ2) is 4.40. The van der Waals surface area contributed by atoms with Gasteiger partial charge in [0.05, 0.1) is 24.2 Å². The number of alkyl halides is 3. The summed E-state index contributed by atoms with van der Waals surface area (Å²) in [6.07, 6.45) is -1.70. The maximum absolute atomic E-state index is 12.5. The summed E-state index contributed by atoms with van der Waals surface area (Å²) in [5, 5.41) is 1.40. The molecule has 0 amide bonds. The lowest BCUT2D eigenvalue weighted by Gasteiger charge is -2.29. The van der Waals surface area contributed by atoms with Crippen molar-refractivity contribution in [2.24, 2.45) is 0 Å². The first-order chi connectivity index (χ1) is 7.98. The first-order valence-corrected chi connectivity index (χ1v) is 5.21. The summed E-state index contributed by atoms with van der Waals surface area (Å²) in [6, 6.07) is 0.917. The lowest BCUT2D eigenvalue weighted by atomic mass is 10.2. The Labute approximate surface area is 96.1 Å². The molecule has 1 aromatic heterocycles. The quantitative estimate of drug-likeness (QED) is 0.826. The van der Waals surface area contributed by atoms with Gasteiger partial charge in [0.15, 0.2) is 0 Å². The highest BCUT2D eigenvalue weighted by Crippen LogP contribution is 2.33. The summed E-state index contributed by atoms with van der Waals surface area (Å²) in [7, 11) is 0. The molecule has 2 rings (SSSR count). The van der Waals surface area contributed by atoms with Gasteiger partial charge in [0.1, 0.15) is 5.69 Å². The molecule has 0 spiro atoms. The number of hydrogen-bond donors (Lipinski definition) is 1. The van der Waals surface area contributed by atoms with E-state index in [1.807, 2.05) is 0 Å². The number of aromatic nitrogens is 1. The zero-order valence-corrected chi connectivity index (χ0v) is 9.00. The standard InChI is InChI=1S/C10H12F3N3O/c11-10(12,13)9-5-8(7(14)6-15-9)16-3-1-2-4-17-16/h5-6H,1-4,14H2. The Morgan fingerprint density at radius 2 is 2.12 bits per heavy atom. The monoisotopic (exact) mass is 247 g/mol. The van der Waals surface area contributed by atoms with E-state index >= 15 is 0 Å². The largest absolute Gasteiger partial charge is 0.433 e. The third kappa shape index (κ3) is 2.60. The van der Waals surface area contributed by atoms with Crippen molar-refractivity contribution >= 4 is 11.4 Å². The van der Waals surface area contributed by atoms with Crippen molar-refractivity contribution in [3.05, 3.63) is 18.0 Å². The van der Waals surface area contributed by atoms with E-state index in [-0.39, 0.29) is 11.4 Å². The average molecular weight is 247 g/mol. The molecule has 1 aliphatic heterocycles. The van der Waals surface area contributed by atoms with Crippen molar-refractivity contribution in [1.29, 1.82) is 0 Å². The Bertz CT molecular complexity index is 402. The molecule has 94 valence electrons. The molecule has 0 aromatic carbocycles. The maximum Gasteiger partial charge on any atom is 0.433 e. The fraction of sp³-hybridized carbons (Fsp3) is 0.500. The lowest BCUT2D eigenvalue weighted by molar-refractivity contribution is -0.141. The van der Waals surface area contributed by atoms with E-state index in [1.54, 1.807) is 0 Å². The van der Waals surface area contributed by atoms with Crippen LogP contribution in [0.15, 0.2) is 12.3 Å². The zero-order chi connectivity index (χ0) is 12.5. The van der Waals surface area contributed by atoms with E-state index in [4.69, 9.17) is 10.6 Å². The van der Waals surface area contributed by atoms with Crippen molar-refractivity contribution in [1.82, 2.24) is 4.98 Å². The van der Waals surface area contributed by atoms with Crippen molar-refractivity contribution in [3.63, 3.8) is 0 Å². The molecule has 0 radical (unpaired) electrons. The van der Waals surface area contributed by atoms with Crippen LogP contribution in [0.4, 0.5) is 24.5 Å². The van der Waals surface area contributed by atoms with Crippen LogP contribution in [-0.2, 0) is 11.0 Å². The molecule has 2 heterocycles. The Hall–Kier alpha value is -1.50. The first kappa shape index (κ1) is 12.0. The van der Waals surface area contributed by atoms with Crippen LogP contribution in [-0.4, -0.2) is 18.1 Å². The van der Waals surface area contributed by atoms with E-state index in [0.717, 1.165) is 25.1 Å². The van der Waals surface area contributed by atoms with Crippen LogP contribution in [0.2, 0.25) is 0 Å². The van der Waals surface area contributed by atoms with Crippen LogP contribution in [0.1, 0.15) is 18.5 Å². The first-order valence-electron chi connectivity index (χ1n) is 5.21. The van der Waals surface area contributed by atoms with Crippen LogP contribution >= 0.6 is 0 Å². The molecule has 2 N–H and O–H groups in total. The van der Waals surface area contributed by atoms with E-state index in [0.29, 0.717) is 13.2 Å². The average Bonchev–Trinajstić information content (AvgIpc) is 2.29. The molecule has 1 aliphatic rings. The highest BCUT2D eigenvalue weighted by molar-refractivity contribution is 5.65. The highest BCUT2D eigenvalue weighted by Gasteiger charge is 2.33. The van der Waals surface area contributed by atoms with E-state index < -0.39 is 11.9 Å². The molecule has 1 aromatic rings. The number of halogens is 3. The van der Waals surface area contributed by atoms with Gasteiger partial charge in [-0.2, -0.15) is 13.2 Å². The number of nitrogens with zero attached hydrogens (tertiary/aromatic N) is 2. The minimum absolute atomic E-state index is 0.180. The number of anilines is 2. The third-order valence-electron chi connectivity index (χ3n) is 2.47. The molecule has 0 atom stereocenters. The molecule has 0 unspecified atom stereocenters. The summed E-state index contributed by atoms with van der Waals surface area (Å²) in [5.74, 6) is 0. The van der Waals surface area contributed by atoms with Crippen LogP contribution in [0.25, 0.3) is 0 Å². The predicted octanol–water partition coefficient (Wildman–Crippen LogP) is 2.21. The smallest absolute Gasteiger partial charge is 0.396 e. The van der Waals surface area contributed by atoms with Gasteiger partial charge in [-0.15, -0.1) is 0 Å². The van der Waals surface area contributed by atoms with E-state index in [2.05, 4.69) is 4.98 Å². The van der Waals surface area contributed by atoms with Gasteiger partial charge in [-0.25, -0.2) is 4.98 Å². The highest BCUT2D eigenvalue weighted by atomic mass is 19.4. The van der Waals surface area contributed by atoms with Crippen molar-refractivity contribution in [2.45, 2.75) is 19.0 Å². The molecular formula is C10H12F3N3O. The second-order valence-electron chi connectivity index (χ2n) is 3.77. The zero-order valence-electron chi connectivity index (χ0n) is 9.00. The van der Waals surface area contributed by atoms with Crippen LogP contribution in [0.5, 0.6) is 0 Å². The Morgan fingerprint density at radius 3 is 2.71 bits per heavy atom. The van der Waals surface area contributed by atoms with Crippen molar-refractivity contribution in [2.75, 3.05) is 23.9 Å². The number of hydrogen-bond acceptors (Lipinski definition) is 4. The summed E-state index contributed by atoms with van der Waals surface area (Å²) < 4.78 is 37.5. The second-order valence-corrected chi connectivity index (χ2v) is 3.77. The molecule has 17 heavy (non-hydrogen) atoms. The third-order valence-corrected chi connectivity index (χ3v) is 2.47. The van der Waals surface area contributed by atoms with Gasteiger partial charge in [0.25, 0.3) is 0 Å². The molecule has 1 fully saturated rings. The topological polar surface area (TPSA) is 51.4 Å². The van der Waals surface area contributed by atoms with Crippen molar-refractivity contribution < 1.29 is 18.0 Å². The minimum Gasteiger partial charge on any atom is -0.396 e. The maximum atomic E-state index is 12.5. The van der Waals surface area contributed by atoms with Crippen molar-refractivity contribution in [3.8, 4) is 0 Å². The van der Waals surface area contributed by atoms with Crippen LogP contribution in [0, 0.1) is 0 Å². The van der Waals surface area contributed by atoms with Crippen LogP contribution in [0.3, 0.4) is 0 Å². The Morgan fingerprint density at radius 1 is 1.35 bits per heavy atom. The molecule has 0 saturated carbocycles. The van der Waals surface area contributed by atoms with Gasteiger partial charge in [-0.1, -0.05) is 0 Å². The molecule has 7 heteroatoms. The Kier molecular flexibility index (Phi) is 3.10. The van der Waals surface area contributed by atoms with Gasteiger partial charge in [0, 0.05) is 6.54 Å². The number of pyridine rings is 1. The molecule has 0 bridgehead atoms. The number of nitrogen functional groups attached to an aromatic ring is 1. The number of hydroxylamine groups is 1. The number of nitrogens with two attached hydrogens (primary N) is 1. The summed E-state index contributed by atoms with van der Waals surface area (Å²) in [6.45, 7) is 1.02. The Balaban J connectivity index is 2.31. The summed E-state index contributed by atoms with van der Waals surface area (Å²) >= 11 is 0. The van der Waals surface area contributed by atoms with Gasteiger partial charge in [-0.3, -0.25) is 9.90 Å². The number of rotatable bonds is 1. The van der Waals surface area contributed by atoms with Gasteiger partial charge in [0.2, 0.25) is 0 Å². The molecule has 0 aliphatic carbocycles. The van der Waals surface area contributed by atoms with E-state index in [9.17, 15) is 13.2 Å². The van der Waals surface area contributed by atoms with Gasteiger partial charge in [-0.05, 0) is 18.9 Å². The normalized spacial score (nSPS) is 17.2. The molecule has 1 saturated heterocycles.